The van der Waals surface area contributed by atoms with Crippen molar-refractivity contribution in [1.29, 1.82) is 15.9 Å². The van der Waals surface area contributed by atoms with Crippen molar-refractivity contribution in [1.82, 2.24) is 24.9 Å². The molecule has 0 aliphatic carbocycles. The summed E-state index contributed by atoms with van der Waals surface area (Å²) in [4.78, 5) is 18.8. The van der Waals surface area contributed by atoms with Crippen LogP contribution in [-0.4, -0.2) is 24.9 Å². The lowest BCUT2D eigenvalue weighted by molar-refractivity contribution is 1.08. The molecule has 0 saturated carbocycles. The van der Waals surface area contributed by atoms with E-state index in [1.807, 2.05) is 12.1 Å². The molecule has 88 valence electrons. The summed E-state index contributed by atoms with van der Waals surface area (Å²) >= 11 is 0. The van der Waals surface area contributed by atoms with Gasteiger partial charge in [-0.3, -0.25) is 5.41 Å². The first kappa shape index (κ1) is 10.7. The van der Waals surface area contributed by atoms with Crippen molar-refractivity contribution in [3.63, 3.8) is 0 Å². The highest BCUT2D eigenvalue weighted by atomic mass is 15.0. The van der Waals surface area contributed by atoms with E-state index in [9.17, 15) is 0 Å². The second kappa shape index (κ2) is 3.82. The van der Waals surface area contributed by atoms with E-state index in [1.165, 1.54) is 12.5 Å². The Morgan fingerprint density at radius 2 is 2.00 bits per heavy atom. The third kappa shape index (κ3) is 1.48. The Bertz CT molecular complexity index is 911. The molecule has 0 saturated heterocycles. The molecule has 8 nitrogen and oxygen atoms in total. The van der Waals surface area contributed by atoms with Crippen molar-refractivity contribution in [2.45, 2.75) is 0 Å². The average molecular weight is 248 g/mol. The molecule has 8 heteroatoms. The van der Waals surface area contributed by atoms with E-state index in [-0.39, 0.29) is 33.8 Å². The second-order valence-corrected chi connectivity index (χ2v) is 3.62. The van der Waals surface area contributed by atoms with Gasteiger partial charge >= 0.3 is 0 Å². The number of nitrogens with one attached hydrogen (secondary N) is 2. The number of nitrogens with zero attached hydrogens (tertiary/aromatic N) is 6. The third-order valence-corrected chi connectivity index (χ3v) is 2.56. The number of aromatic nitrogens is 5. The van der Waals surface area contributed by atoms with Crippen LogP contribution in [0.25, 0.3) is 22.7 Å². The Hall–Kier alpha value is -3.39. The molecule has 0 spiro atoms. The molecule has 0 fully saturated rings. The summed E-state index contributed by atoms with van der Waals surface area (Å²) in [6.07, 6.45) is 2.70. The Balaban J connectivity index is 2.60. The molecule has 1 aromatic heterocycles. The maximum Gasteiger partial charge on any atom is 0.181 e. The number of nitriles is 2. The molecule has 1 aromatic rings. The second-order valence-electron chi connectivity index (χ2n) is 3.62. The van der Waals surface area contributed by atoms with Crippen molar-refractivity contribution in [2.24, 2.45) is 0 Å². The quantitative estimate of drug-likeness (QED) is 0.577. The number of imidazole rings is 1. The molecule has 0 bridgehead atoms. The van der Waals surface area contributed by atoms with Gasteiger partial charge in [0.2, 0.25) is 0 Å². The van der Waals surface area contributed by atoms with Crippen LogP contribution in [-0.2, 0) is 0 Å². The van der Waals surface area contributed by atoms with Crippen LogP contribution in [0.4, 0.5) is 0 Å². The molecular formula is C11H4N8. The van der Waals surface area contributed by atoms with Crippen LogP contribution in [0.5, 0.6) is 0 Å². The van der Waals surface area contributed by atoms with Gasteiger partial charge in [0.1, 0.15) is 28.9 Å². The minimum absolute atomic E-state index is 0.0204. The van der Waals surface area contributed by atoms with Gasteiger partial charge in [-0.2, -0.15) is 10.5 Å². The third-order valence-electron chi connectivity index (χ3n) is 2.56. The summed E-state index contributed by atoms with van der Waals surface area (Å²) in [6.45, 7) is 0. The number of H-pyrrole nitrogens is 1. The first-order chi connectivity index (χ1) is 9.24. The summed E-state index contributed by atoms with van der Waals surface area (Å²) in [5, 5.41) is 25.9. The molecule has 0 unspecified atom stereocenters. The zero-order valence-electron chi connectivity index (χ0n) is 9.34. The van der Waals surface area contributed by atoms with E-state index >= 15 is 0 Å². The van der Waals surface area contributed by atoms with Crippen LogP contribution in [0.15, 0.2) is 12.5 Å². The topological polar surface area (TPSA) is 139 Å². The number of aromatic amines is 1. The predicted octanol–water partition coefficient (Wildman–Crippen LogP) is 0.0755. The molecule has 0 aromatic carbocycles. The monoisotopic (exact) mass is 248 g/mol. The van der Waals surface area contributed by atoms with E-state index in [4.69, 9.17) is 15.9 Å². The van der Waals surface area contributed by atoms with Crippen LogP contribution in [0.3, 0.4) is 0 Å². The van der Waals surface area contributed by atoms with Crippen LogP contribution >= 0.6 is 0 Å². The van der Waals surface area contributed by atoms with Gasteiger partial charge in [0.25, 0.3) is 0 Å². The maximum atomic E-state index is 9.11. The molecule has 2 aliphatic rings. The van der Waals surface area contributed by atoms with Gasteiger partial charge in [0.05, 0.1) is 11.9 Å². The van der Waals surface area contributed by atoms with E-state index in [0.29, 0.717) is 5.52 Å². The van der Waals surface area contributed by atoms with Crippen molar-refractivity contribution < 1.29 is 0 Å². The fraction of sp³-hybridized carbons (Fsp3) is 0. The highest BCUT2D eigenvalue weighted by Gasteiger charge is 2.16. The predicted molar refractivity (Wildman–Crippen MR) is 61.4 cm³/mol. The molecule has 2 N–H and O–H groups in total. The van der Waals surface area contributed by atoms with Crippen LogP contribution in [0, 0.1) is 28.1 Å². The van der Waals surface area contributed by atoms with Gasteiger partial charge in [-0.05, 0) is 0 Å². The summed E-state index contributed by atoms with van der Waals surface area (Å²) in [5.74, 6) is 0.214. The van der Waals surface area contributed by atoms with Gasteiger partial charge in [0.15, 0.2) is 17.0 Å². The molecule has 19 heavy (non-hydrogen) atoms. The van der Waals surface area contributed by atoms with E-state index in [1.54, 1.807) is 0 Å². The highest BCUT2D eigenvalue weighted by Crippen LogP contribution is 2.19. The van der Waals surface area contributed by atoms with Gasteiger partial charge < -0.3 is 4.98 Å². The Morgan fingerprint density at radius 1 is 1.16 bits per heavy atom. The summed E-state index contributed by atoms with van der Waals surface area (Å²) < 4.78 is 0. The number of fused-ring (bicyclic) bond motifs is 2. The Labute approximate surface area is 105 Å². The van der Waals surface area contributed by atoms with Crippen LogP contribution < -0.4 is 5.49 Å². The normalized spacial score (nSPS) is 10.2. The zero-order valence-corrected chi connectivity index (χ0v) is 9.34. The van der Waals surface area contributed by atoms with E-state index in [0.717, 1.165) is 0 Å². The largest absolute Gasteiger partial charge is 0.342 e. The average Bonchev–Trinajstić information content (AvgIpc) is 2.98. The number of hydrogen-bond acceptors (Lipinski definition) is 7. The maximum absolute atomic E-state index is 9.11. The van der Waals surface area contributed by atoms with Crippen LogP contribution in [0.2, 0.25) is 0 Å². The minimum Gasteiger partial charge on any atom is -0.342 e. The van der Waals surface area contributed by atoms with Crippen LogP contribution in [0.1, 0.15) is 11.1 Å². The molecular weight excluding hydrogens is 244 g/mol. The van der Waals surface area contributed by atoms with Gasteiger partial charge in [0, 0.05) is 6.20 Å². The summed E-state index contributed by atoms with van der Waals surface area (Å²) in [6, 6.07) is 3.81. The Kier molecular flexibility index (Phi) is 2.16. The van der Waals surface area contributed by atoms with Crippen molar-refractivity contribution in [3.8, 4) is 23.7 Å². The summed E-state index contributed by atoms with van der Waals surface area (Å²) in [7, 11) is 0. The molecule has 0 atom stereocenters. The first-order valence-electron chi connectivity index (χ1n) is 5.13. The van der Waals surface area contributed by atoms with Crippen molar-refractivity contribution in [2.75, 3.05) is 0 Å². The van der Waals surface area contributed by atoms with Gasteiger partial charge in [-0.25, -0.2) is 19.9 Å². The fourth-order valence-electron chi connectivity index (χ4n) is 1.69. The molecule has 3 heterocycles. The van der Waals surface area contributed by atoms with Gasteiger partial charge in [-0.1, -0.05) is 0 Å². The molecule has 2 aliphatic heterocycles. The van der Waals surface area contributed by atoms with E-state index < -0.39 is 0 Å². The number of rotatable bonds is 0. The SMILES string of the molecule is N#Cc1cnc2nc3nc[nH]c3c(C#N)c(=N)nc1-2. The lowest BCUT2D eigenvalue weighted by Gasteiger charge is -1.94. The van der Waals surface area contributed by atoms with Gasteiger partial charge in [-0.15, -0.1) is 0 Å². The van der Waals surface area contributed by atoms with Crippen molar-refractivity contribution >= 4 is 11.2 Å². The van der Waals surface area contributed by atoms with Crippen molar-refractivity contribution in [3.05, 3.63) is 29.1 Å². The zero-order chi connectivity index (χ0) is 13.4. The Morgan fingerprint density at radius 3 is 2.74 bits per heavy atom. The van der Waals surface area contributed by atoms with E-state index in [2.05, 4.69) is 24.9 Å². The standard InChI is InChI=1S/C11H4N8/c12-1-5-3-15-10-7(5)18-9(14)6(2-13)8-11(19-10)17-4-16-8/h3-4,14H,(H,15,16,17,19). The number of hydrogen-bond donors (Lipinski definition) is 2. The lowest BCUT2D eigenvalue weighted by Crippen LogP contribution is -2.11. The fourth-order valence-corrected chi connectivity index (χ4v) is 1.69. The lowest BCUT2D eigenvalue weighted by atomic mass is 10.2. The molecule has 3 rings (SSSR count). The minimum atomic E-state index is -0.256. The summed E-state index contributed by atoms with van der Waals surface area (Å²) in [5.41, 5.74) is 0.734. The molecule has 0 radical (unpaired) electrons. The first-order valence-corrected chi connectivity index (χ1v) is 5.13. The molecule has 0 amide bonds. The smallest absolute Gasteiger partial charge is 0.181 e. The highest BCUT2D eigenvalue weighted by molar-refractivity contribution is 5.77.